The van der Waals surface area contributed by atoms with Crippen LogP contribution in [0, 0.1) is 0 Å². The van der Waals surface area contributed by atoms with Crippen LogP contribution >= 0.6 is 0 Å². The Morgan fingerprint density at radius 2 is 1.84 bits per heavy atom. The second kappa shape index (κ2) is 7.63. The van der Waals surface area contributed by atoms with E-state index in [1.807, 2.05) is 30.3 Å². The molecule has 2 unspecified atom stereocenters. The Kier molecular flexibility index (Phi) is 6.49. The van der Waals surface area contributed by atoms with Gasteiger partial charge in [-0.3, -0.25) is 0 Å². The van der Waals surface area contributed by atoms with Crippen molar-refractivity contribution >= 4 is 0 Å². The average Bonchev–Trinajstić information content (AvgIpc) is 2.43. The van der Waals surface area contributed by atoms with Crippen molar-refractivity contribution in [1.82, 2.24) is 5.32 Å². The molecule has 0 aliphatic rings. The third kappa shape index (κ3) is 4.60. The van der Waals surface area contributed by atoms with Crippen LogP contribution in [0.25, 0.3) is 0 Å². The first-order chi connectivity index (χ1) is 9.04. The van der Waals surface area contributed by atoms with Gasteiger partial charge in [-0.2, -0.15) is 0 Å². The maximum Gasteiger partial charge on any atom is 0.0908 e. The van der Waals surface area contributed by atoms with E-state index in [-0.39, 0.29) is 18.8 Å². The summed E-state index contributed by atoms with van der Waals surface area (Å²) in [6.07, 6.45) is 1.17. The molecule has 0 fully saturated rings. The minimum atomic E-state index is -0.529. The molecule has 2 atom stereocenters. The molecule has 1 aromatic rings. The van der Waals surface area contributed by atoms with Gasteiger partial charge in [0.1, 0.15) is 0 Å². The standard InChI is InChI=1S/C16H27NO2/c1-5-14(4)19-12-16(11-18,17-13(2)3)15-9-7-6-8-10-15/h6-10,13-14,17-18H,5,11-12H2,1-4H3. The quantitative estimate of drug-likeness (QED) is 0.759. The van der Waals surface area contributed by atoms with Gasteiger partial charge in [-0.1, -0.05) is 37.3 Å². The zero-order valence-corrected chi connectivity index (χ0v) is 12.5. The maximum atomic E-state index is 9.92. The molecule has 1 aromatic carbocycles. The van der Waals surface area contributed by atoms with E-state index in [2.05, 4.69) is 33.0 Å². The van der Waals surface area contributed by atoms with Gasteiger partial charge in [-0.15, -0.1) is 0 Å². The van der Waals surface area contributed by atoms with E-state index in [4.69, 9.17) is 4.74 Å². The fraction of sp³-hybridized carbons (Fsp3) is 0.625. The second-order valence-electron chi connectivity index (χ2n) is 5.44. The van der Waals surface area contributed by atoms with E-state index in [9.17, 15) is 5.11 Å². The van der Waals surface area contributed by atoms with Crippen molar-refractivity contribution in [2.45, 2.75) is 51.8 Å². The minimum absolute atomic E-state index is 0.0195. The first-order valence-corrected chi connectivity index (χ1v) is 7.09. The van der Waals surface area contributed by atoms with Crippen LogP contribution in [0.2, 0.25) is 0 Å². The molecular formula is C16H27NO2. The molecular weight excluding hydrogens is 238 g/mol. The van der Waals surface area contributed by atoms with Crippen LogP contribution in [-0.4, -0.2) is 30.5 Å². The Bertz CT molecular complexity index is 353. The molecule has 0 amide bonds. The van der Waals surface area contributed by atoms with Crippen LogP contribution in [0.5, 0.6) is 0 Å². The molecule has 0 spiro atoms. The molecule has 0 aliphatic carbocycles. The molecule has 19 heavy (non-hydrogen) atoms. The lowest BCUT2D eigenvalue weighted by molar-refractivity contribution is -0.00877. The van der Waals surface area contributed by atoms with Gasteiger partial charge in [0.25, 0.3) is 0 Å². The summed E-state index contributed by atoms with van der Waals surface area (Å²) < 4.78 is 5.88. The number of aliphatic hydroxyl groups excluding tert-OH is 1. The van der Waals surface area contributed by atoms with E-state index in [1.54, 1.807) is 0 Å². The van der Waals surface area contributed by atoms with Crippen molar-refractivity contribution in [2.75, 3.05) is 13.2 Å². The number of aliphatic hydroxyl groups is 1. The highest BCUT2D eigenvalue weighted by atomic mass is 16.5. The number of rotatable bonds is 8. The molecule has 1 rings (SSSR count). The fourth-order valence-corrected chi connectivity index (χ4v) is 2.10. The second-order valence-corrected chi connectivity index (χ2v) is 5.44. The van der Waals surface area contributed by atoms with E-state index in [0.29, 0.717) is 6.61 Å². The molecule has 3 nitrogen and oxygen atoms in total. The summed E-state index contributed by atoms with van der Waals surface area (Å²) in [4.78, 5) is 0. The lowest BCUT2D eigenvalue weighted by Crippen LogP contribution is -2.52. The van der Waals surface area contributed by atoms with Gasteiger partial charge in [0.05, 0.1) is 24.9 Å². The van der Waals surface area contributed by atoms with Gasteiger partial charge in [0.15, 0.2) is 0 Å². The Balaban J connectivity index is 2.94. The summed E-state index contributed by atoms with van der Waals surface area (Å²) >= 11 is 0. The largest absolute Gasteiger partial charge is 0.394 e. The molecule has 2 N–H and O–H groups in total. The van der Waals surface area contributed by atoms with Gasteiger partial charge in [-0.25, -0.2) is 0 Å². The van der Waals surface area contributed by atoms with Gasteiger partial charge in [0.2, 0.25) is 0 Å². The highest BCUT2D eigenvalue weighted by Crippen LogP contribution is 2.23. The van der Waals surface area contributed by atoms with Crippen molar-refractivity contribution in [3.05, 3.63) is 35.9 Å². The molecule has 0 saturated carbocycles. The molecule has 0 bridgehead atoms. The molecule has 0 radical (unpaired) electrons. The number of ether oxygens (including phenoxy) is 1. The van der Waals surface area contributed by atoms with Crippen LogP contribution in [0.15, 0.2) is 30.3 Å². The van der Waals surface area contributed by atoms with E-state index in [0.717, 1.165) is 12.0 Å². The highest BCUT2D eigenvalue weighted by molar-refractivity contribution is 5.25. The SMILES string of the molecule is CCC(C)OCC(CO)(NC(C)C)c1ccccc1. The van der Waals surface area contributed by atoms with Crippen molar-refractivity contribution < 1.29 is 9.84 Å². The monoisotopic (exact) mass is 265 g/mol. The minimum Gasteiger partial charge on any atom is -0.394 e. The normalized spacial score (nSPS) is 16.3. The summed E-state index contributed by atoms with van der Waals surface area (Å²) in [7, 11) is 0. The Morgan fingerprint density at radius 3 is 2.32 bits per heavy atom. The number of hydrogen-bond acceptors (Lipinski definition) is 3. The van der Waals surface area contributed by atoms with Crippen molar-refractivity contribution in [1.29, 1.82) is 0 Å². The molecule has 3 heteroatoms. The average molecular weight is 265 g/mol. The third-order valence-corrected chi connectivity index (χ3v) is 3.35. The predicted octanol–water partition coefficient (Wildman–Crippen LogP) is 2.69. The third-order valence-electron chi connectivity index (χ3n) is 3.35. The molecule has 108 valence electrons. The smallest absolute Gasteiger partial charge is 0.0908 e. The lowest BCUT2D eigenvalue weighted by Gasteiger charge is -2.36. The number of hydrogen-bond donors (Lipinski definition) is 2. The van der Waals surface area contributed by atoms with Crippen LogP contribution in [0.3, 0.4) is 0 Å². The first kappa shape index (κ1) is 16.2. The lowest BCUT2D eigenvalue weighted by atomic mass is 9.90. The molecule has 0 aromatic heterocycles. The maximum absolute atomic E-state index is 9.92. The topological polar surface area (TPSA) is 41.5 Å². The van der Waals surface area contributed by atoms with E-state index >= 15 is 0 Å². The van der Waals surface area contributed by atoms with Gasteiger partial charge < -0.3 is 15.2 Å². The van der Waals surface area contributed by atoms with Gasteiger partial charge >= 0.3 is 0 Å². The Labute approximate surface area is 117 Å². The summed E-state index contributed by atoms with van der Waals surface area (Å²) in [5.41, 5.74) is 0.535. The Morgan fingerprint density at radius 1 is 1.21 bits per heavy atom. The zero-order chi connectivity index (χ0) is 14.3. The summed E-state index contributed by atoms with van der Waals surface area (Å²) in [5, 5.41) is 13.4. The van der Waals surface area contributed by atoms with Crippen LogP contribution in [0.4, 0.5) is 0 Å². The van der Waals surface area contributed by atoms with Crippen molar-refractivity contribution in [3.8, 4) is 0 Å². The van der Waals surface area contributed by atoms with Crippen molar-refractivity contribution in [3.63, 3.8) is 0 Å². The van der Waals surface area contributed by atoms with E-state index in [1.165, 1.54) is 0 Å². The predicted molar refractivity (Wildman–Crippen MR) is 79.2 cm³/mol. The summed E-state index contributed by atoms with van der Waals surface area (Å²) in [6, 6.07) is 10.3. The highest BCUT2D eigenvalue weighted by Gasteiger charge is 2.32. The Hall–Kier alpha value is -0.900. The summed E-state index contributed by atoms with van der Waals surface area (Å²) in [6.45, 7) is 8.81. The summed E-state index contributed by atoms with van der Waals surface area (Å²) in [5.74, 6) is 0. The van der Waals surface area contributed by atoms with Gasteiger partial charge in [-0.05, 0) is 32.8 Å². The molecule has 0 heterocycles. The zero-order valence-electron chi connectivity index (χ0n) is 12.5. The number of benzene rings is 1. The molecule has 0 aliphatic heterocycles. The first-order valence-electron chi connectivity index (χ1n) is 7.09. The van der Waals surface area contributed by atoms with Crippen LogP contribution in [-0.2, 0) is 10.3 Å². The van der Waals surface area contributed by atoms with E-state index < -0.39 is 5.54 Å². The van der Waals surface area contributed by atoms with Gasteiger partial charge in [0, 0.05) is 6.04 Å². The van der Waals surface area contributed by atoms with Crippen LogP contribution < -0.4 is 5.32 Å². The number of nitrogens with one attached hydrogen (secondary N) is 1. The fourth-order valence-electron chi connectivity index (χ4n) is 2.10. The molecule has 0 saturated heterocycles. The van der Waals surface area contributed by atoms with Crippen LogP contribution in [0.1, 0.15) is 39.7 Å². The van der Waals surface area contributed by atoms with Crippen molar-refractivity contribution in [2.24, 2.45) is 0 Å².